The zero-order valence-corrected chi connectivity index (χ0v) is 18.5. The van der Waals surface area contributed by atoms with Gasteiger partial charge in [0.1, 0.15) is 6.04 Å². The quantitative estimate of drug-likeness (QED) is 0.585. The molecule has 6 nitrogen and oxygen atoms in total. The van der Waals surface area contributed by atoms with Crippen LogP contribution in [-0.2, 0) is 14.8 Å². The van der Waals surface area contributed by atoms with Crippen LogP contribution in [0.5, 0.6) is 0 Å². The second-order valence-corrected chi connectivity index (χ2v) is 9.67. The van der Waals surface area contributed by atoms with Crippen molar-refractivity contribution >= 4 is 21.6 Å². The molecule has 158 valence electrons. The highest BCUT2D eigenvalue weighted by atomic mass is 32.2. The van der Waals surface area contributed by atoms with Crippen LogP contribution in [0.15, 0.2) is 59.5 Å². The number of nitrogens with two attached hydrogens (primary N) is 1. The molecule has 4 N–H and O–H groups in total. The Labute approximate surface area is 174 Å². The molecular weight excluding hydrogens is 386 g/mol. The van der Waals surface area contributed by atoms with Gasteiger partial charge in [0.25, 0.3) is 5.91 Å². The van der Waals surface area contributed by atoms with Crippen molar-refractivity contribution < 1.29 is 18.5 Å². The summed E-state index contributed by atoms with van der Waals surface area (Å²) in [4.78, 5) is 12.8. The molecule has 0 saturated heterocycles. The lowest BCUT2D eigenvalue weighted by Gasteiger charge is -2.23. The third kappa shape index (κ3) is 6.66. The van der Waals surface area contributed by atoms with Gasteiger partial charge in [-0.05, 0) is 45.0 Å². The van der Waals surface area contributed by atoms with Crippen LogP contribution in [0.4, 0.5) is 5.69 Å². The van der Waals surface area contributed by atoms with E-state index in [2.05, 4.69) is 41.3 Å². The number of carbonyl (C=O) groups is 1. The molecule has 0 spiro atoms. The van der Waals surface area contributed by atoms with E-state index in [1.807, 2.05) is 25.1 Å². The number of carbonyl (C=O) groups excluding carboxylic acids is 1. The number of quaternary nitrogens is 1. The van der Waals surface area contributed by atoms with E-state index in [0.717, 1.165) is 0 Å². The highest BCUT2D eigenvalue weighted by molar-refractivity contribution is 7.89. The van der Waals surface area contributed by atoms with Crippen molar-refractivity contribution in [3.05, 3.63) is 60.2 Å². The molecule has 2 atom stereocenters. The first kappa shape index (κ1) is 23.1. The Bertz CT molecular complexity index is 895. The van der Waals surface area contributed by atoms with Gasteiger partial charge in [-0.25, -0.2) is 13.1 Å². The second-order valence-electron chi connectivity index (χ2n) is 7.95. The van der Waals surface area contributed by atoms with E-state index >= 15 is 0 Å². The molecule has 0 aliphatic carbocycles. The summed E-state index contributed by atoms with van der Waals surface area (Å²) in [7, 11) is -3.55. The first-order valence-electron chi connectivity index (χ1n) is 9.93. The van der Waals surface area contributed by atoms with Crippen LogP contribution >= 0.6 is 0 Å². The lowest BCUT2D eigenvalue weighted by molar-refractivity contribution is -0.718. The van der Waals surface area contributed by atoms with Gasteiger partial charge in [0.2, 0.25) is 10.0 Å². The molecular formula is C22H32N3O3S+. The molecule has 7 heteroatoms. The summed E-state index contributed by atoms with van der Waals surface area (Å²) in [5, 5.41) is 4.94. The molecule has 0 heterocycles. The zero-order valence-electron chi connectivity index (χ0n) is 17.7. The summed E-state index contributed by atoms with van der Waals surface area (Å²) in [5.74, 6) is 0.244. The Balaban J connectivity index is 2.03. The molecule has 0 saturated carbocycles. The molecule has 0 unspecified atom stereocenters. The van der Waals surface area contributed by atoms with Crippen molar-refractivity contribution in [3.63, 3.8) is 0 Å². The van der Waals surface area contributed by atoms with Crippen molar-refractivity contribution in [1.82, 2.24) is 4.72 Å². The highest BCUT2D eigenvalue weighted by Gasteiger charge is 2.26. The monoisotopic (exact) mass is 418 g/mol. The molecule has 29 heavy (non-hydrogen) atoms. The van der Waals surface area contributed by atoms with E-state index < -0.39 is 10.0 Å². The van der Waals surface area contributed by atoms with Crippen LogP contribution in [0.2, 0.25) is 0 Å². The fraction of sp³-hybridized carbons (Fsp3) is 0.409. The Kier molecular flexibility index (Phi) is 7.96. The summed E-state index contributed by atoms with van der Waals surface area (Å²) in [6.07, 6.45) is 0. The maximum atomic E-state index is 12.7. The second kappa shape index (κ2) is 10.0. The van der Waals surface area contributed by atoms with Crippen molar-refractivity contribution in [2.24, 2.45) is 5.92 Å². The number of amides is 1. The van der Waals surface area contributed by atoms with Gasteiger partial charge in [0.05, 0.1) is 4.90 Å². The maximum Gasteiger partial charge on any atom is 0.282 e. The van der Waals surface area contributed by atoms with Gasteiger partial charge in [-0.3, -0.25) is 4.79 Å². The predicted molar refractivity (Wildman–Crippen MR) is 116 cm³/mol. The summed E-state index contributed by atoms with van der Waals surface area (Å²) in [6, 6.07) is 16.1. The Morgan fingerprint density at radius 3 is 2.00 bits per heavy atom. The van der Waals surface area contributed by atoms with Gasteiger partial charge in [0.15, 0.2) is 6.04 Å². The molecule has 2 aromatic carbocycles. The summed E-state index contributed by atoms with van der Waals surface area (Å²) < 4.78 is 26.9. The number of nitrogens with one attached hydrogen (secondary N) is 2. The molecule has 2 rings (SSSR count). The Morgan fingerprint density at radius 1 is 0.897 bits per heavy atom. The topological polar surface area (TPSA) is 91.9 Å². The van der Waals surface area contributed by atoms with Crippen molar-refractivity contribution in [1.29, 1.82) is 0 Å². The van der Waals surface area contributed by atoms with E-state index in [9.17, 15) is 13.2 Å². The lowest BCUT2D eigenvalue weighted by atomic mass is 9.95. The van der Waals surface area contributed by atoms with Crippen LogP contribution in [0.1, 0.15) is 46.2 Å². The molecule has 0 radical (unpaired) electrons. The molecule has 0 bridgehead atoms. The van der Waals surface area contributed by atoms with Gasteiger partial charge in [-0.1, -0.05) is 44.2 Å². The normalized spacial score (nSPS) is 14.0. The van der Waals surface area contributed by atoms with Crippen LogP contribution in [-0.4, -0.2) is 26.4 Å². The third-order valence-electron chi connectivity index (χ3n) is 4.64. The number of hydrogen-bond donors (Lipinski definition) is 3. The number of hydrogen-bond acceptors (Lipinski definition) is 3. The average molecular weight is 419 g/mol. The van der Waals surface area contributed by atoms with Gasteiger partial charge in [-0.15, -0.1) is 0 Å². The summed E-state index contributed by atoms with van der Waals surface area (Å²) >= 11 is 0. The average Bonchev–Trinajstić information content (AvgIpc) is 2.65. The maximum absolute atomic E-state index is 12.7. The standard InChI is InChI=1S/C22H31N3O3S/c1-15(2)21(18-9-7-6-8-10-18)23-17(5)22(26)24-19-11-13-20(14-12-19)29(27,28)25-16(3)4/h6-17,21,23,25H,1-5H3,(H,24,26)/p+1/t17-,21-/m0/s1. The first-order valence-corrected chi connectivity index (χ1v) is 11.4. The van der Waals surface area contributed by atoms with Gasteiger partial charge in [-0.2, -0.15) is 0 Å². The van der Waals surface area contributed by atoms with Crippen LogP contribution in [0, 0.1) is 5.92 Å². The van der Waals surface area contributed by atoms with E-state index in [1.165, 1.54) is 17.7 Å². The predicted octanol–water partition coefficient (Wildman–Crippen LogP) is 2.66. The van der Waals surface area contributed by atoms with Gasteiger partial charge >= 0.3 is 0 Å². The van der Waals surface area contributed by atoms with E-state index in [1.54, 1.807) is 26.0 Å². The number of rotatable bonds is 9. The number of benzene rings is 2. The smallest absolute Gasteiger partial charge is 0.282 e. The highest BCUT2D eigenvalue weighted by Crippen LogP contribution is 2.18. The minimum atomic E-state index is -3.55. The molecule has 2 aromatic rings. The lowest BCUT2D eigenvalue weighted by Crippen LogP contribution is -2.93. The zero-order chi connectivity index (χ0) is 21.6. The molecule has 1 amide bonds. The summed E-state index contributed by atoms with van der Waals surface area (Å²) in [5.41, 5.74) is 1.76. The number of sulfonamides is 1. The number of anilines is 1. The van der Waals surface area contributed by atoms with Gasteiger partial charge < -0.3 is 10.6 Å². The summed E-state index contributed by atoms with van der Waals surface area (Å²) in [6.45, 7) is 9.69. The SMILES string of the molecule is CC(C)NS(=O)(=O)c1ccc(NC(=O)[C@H](C)[NH2+][C@H](c2ccccc2)C(C)C)cc1. The molecule has 0 aliphatic heterocycles. The van der Waals surface area contributed by atoms with E-state index in [-0.39, 0.29) is 28.9 Å². The van der Waals surface area contributed by atoms with Gasteiger partial charge in [0, 0.05) is 23.2 Å². The van der Waals surface area contributed by atoms with Crippen LogP contribution < -0.4 is 15.4 Å². The van der Waals surface area contributed by atoms with Crippen molar-refractivity contribution in [2.75, 3.05) is 5.32 Å². The molecule has 0 aromatic heterocycles. The third-order valence-corrected chi connectivity index (χ3v) is 6.31. The van der Waals surface area contributed by atoms with E-state index in [4.69, 9.17) is 0 Å². The molecule has 0 fully saturated rings. The Morgan fingerprint density at radius 2 is 1.48 bits per heavy atom. The fourth-order valence-electron chi connectivity index (χ4n) is 3.14. The minimum Gasteiger partial charge on any atom is -0.330 e. The fourth-order valence-corrected chi connectivity index (χ4v) is 4.39. The van der Waals surface area contributed by atoms with E-state index in [0.29, 0.717) is 11.6 Å². The van der Waals surface area contributed by atoms with Crippen molar-refractivity contribution in [3.8, 4) is 0 Å². The first-order chi connectivity index (χ1) is 13.6. The molecule has 0 aliphatic rings. The van der Waals surface area contributed by atoms with Crippen LogP contribution in [0.25, 0.3) is 0 Å². The van der Waals surface area contributed by atoms with Crippen molar-refractivity contribution in [2.45, 2.75) is 57.6 Å². The largest absolute Gasteiger partial charge is 0.330 e. The van der Waals surface area contributed by atoms with Crippen LogP contribution in [0.3, 0.4) is 0 Å². The Hall–Kier alpha value is -2.22. The minimum absolute atomic E-state index is 0.123.